The van der Waals surface area contributed by atoms with Crippen LogP contribution in [-0.2, 0) is 16.6 Å². The Bertz CT molecular complexity index is 463. The Labute approximate surface area is 109 Å². The minimum Gasteiger partial charge on any atom is -0.447 e. The van der Waals surface area contributed by atoms with E-state index in [2.05, 4.69) is 5.32 Å². The summed E-state index contributed by atoms with van der Waals surface area (Å²) in [4.78, 5) is 0. The Balaban J connectivity index is 2.97. The van der Waals surface area contributed by atoms with Crippen molar-refractivity contribution in [3.05, 3.63) is 17.9 Å². The second kappa shape index (κ2) is 6.36. The monoisotopic (exact) mass is 274 g/mol. The van der Waals surface area contributed by atoms with E-state index in [-0.39, 0.29) is 11.1 Å². The molecule has 18 heavy (non-hydrogen) atoms. The minimum absolute atomic E-state index is 0.00727. The summed E-state index contributed by atoms with van der Waals surface area (Å²) >= 11 is 0. The van der Waals surface area contributed by atoms with Gasteiger partial charge in [0.25, 0.3) is 10.0 Å². The fraction of sp³-hybridized carbons (Fsp3) is 0.667. The summed E-state index contributed by atoms with van der Waals surface area (Å²) in [6, 6.07) is 3.21. The van der Waals surface area contributed by atoms with Crippen LogP contribution < -0.4 is 5.32 Å². The van der Waals surface area contributed by atoms with Crippen LogP contribution in [0.3, 0.4) is 0 Å². The van der Waals surface area contributed by atoms with Crippen LogP contribution in [-0.4, -0.2) is 32.9 Å². The van der Waals surface area contributed by atoms with Crippen LogP contribution in [0.25, 0.3) is 0 Å². The molecular formula is C12H22N2O3S. The molecule has 0 aliphatic rings. The zero-order valence-electron chi connectivity index (χ0n) is 11.4. The first-order valence-electron chi connectivity index (χ1n) is 6.18. The van der Waals surface area contributed by atoms with Gasteiger partial charge in [-0.15, -0.1) is 0 Å². The van der Waals surface area contributed by atoms with Gasteiger partial charge >= 0.3 is 0 Å². The lowest BCUT2D eigenvalue weighted by atomic mass is 10.2. The third-order valence-electron chi connectivity index (χ3n) is 3.08. The largest absolute Gasteiger partial charge is 0.447 e. The molecule has 0 aliphatic heterocycles. The van der Waals surface area contributed by atoms with Crippen LogP contribution in [0.1, 0.15) is 32.4 Å². The van der Waals surface area contributed by atoms with Gasteiger partial charge in [-0.1, -0.05) is 13.8 Å². The Morgan fingerprint density at radius 2 is 1.94 bits per heavy atom. The fourth-order valence-electron chi connectivity index (χ4n) is 1.91. The molecule has 1 aromatic rings. The predicted octanol–water partition coefficient (Wildman–Crippen LogP) is 1.81. The number of furan rings is 1. The lowest BCUT2D eigenvalue weighted by molar-refractivity contribution is 0.329. The number of nitrogens with one attached hydrogen (secondary N) is 1. The van der Waals surface area contributed by atoms with Gasteiger partial charge in [-0.25, -0.2) is 8.42 Å². The van der Waals surface area contributed by atoms with Crippen LogP contribution >= 0.6 is 0 Å². The Morgan fingerprint density at radius 3 is 2.44 bits per heavy atom. The summed E-state index contributed by atoms with van der Waals surface area (Å²) in [5.41, 5.74) is 0. The van der Waals surface area contributed by atoms with Crippen LogP contribution in [0.4, 0.5) is 0 Å². The molecule has 0 aromatic carbocycles. The molecule has 6 heteroatoms. The van der Waals surface area contributed by atoms with Gasteiger partial charge in [0.05, 0.1) is 6.54 Å². The van der Waals surface area contributed by atoms with E-state index in [9.17, 15) is 8.42 Å². The van der Waals surface area contributed by atoms with Gasteiger partial charge in [-0.3, -0.25) is 0 Å². The van der Waals surface area contributed by atoms with Crippen LogP contribution in [0.15, 0.2) is 21.6 Å². The van der Waals surface area contributed by atoms with E-state index >= 15 is 0 Å². The Kier molecular flexibility index (Phi) is 5.37. The van der Waals surface area contributed by atoms with Crippen molar-refractivity contribution in [1.82, 2.24) is 9.62 Å². The van der Waals surface area contributed by atoms with Crippen LogP contribution in [0, 0.1) is 0 Å². The standard InChI is InChI=1S/C12H22N2O3S/c1-5-10(6-2)14(4)18(15,16)12-8-7-11(17-12)9-13-3/h7-8,10,13H,5-6,9H2,1-4H3. The summed E-state index contributed by atoms with van der Waals surface area (Å²) in [5, 5.41) is 2.94. The quantitative estimate of drug-likeness (QED) is 0.823. The highest BCUT2D eigenvalue weighted by Crippen LogP contribution is 2.21. The maximum Gasteiger partial charge on any atom is 0.276 e. The maximum absolute atomic E-state index is 12.3. The average Bonchev–Trinajstić information content (AvgIpc) is 2.80. The zero-order valence-corrected chi connectivity index (χ0v) is 12.3. The number of rotatable bonds is 7. The van der Waals surface area contributed by atoms with Crippen molar-refractivity contribution in [2.45, 2.75) is 44.4 Å². The van der Waals surface area contributed by atoms with E-state index in [1.54, 1.807) is 20.2 Å². The number of nitrogens with zero attached hydrogens (tertiary/aromatic N) is 1. The van der Waals surface area contributed by atoms with Gasteiger partial charge in [-0.05, 0) is 32.0 Å². The second-order valence-electron chi connectivity index (χ2n) is 4.24. The highest BCUT2D eigenvalue weighted by molar-refractivity contribution is 7.89. The molecular weight excluding hydrogens is 252 g/mol. The normalized spacial score (nSPS) is 12.6. The van der Waals surface area contributed by atoms with Gasteiger partial charge < -0.3 is 9.73 Å². The van der Waals surface area contributed by atoms with E-state index < -0.39 is 10.0 Å². The maximum atomic E-state index is 12.3. The zero-order chi connectivity index (χ0) is 13.8. The molecule has 0 atom stereocenters. The molecule has 0 amide bonds. The van der Waals surface area contributed by atoms with Gasteiger partial charge in [0.1, 0.15) is 5.76 Å². The molecule has 0 saturated heterocycles. The van der Waals surface area contributed by atoms with Crippen molar-refractivity contribution < 1.29 is 12.8 Å². The highest BCUT2D eigenvalue weighted by Gasteiger charge is 2.28. The molecule has 104 valence electrons. The summed E-state index contributed by atoms with van der Waals surface area (Å²) in [5.74, 6) is 0.619. The number of hydrogen-bond acceptors (Lipinski definition) is 4. The lowest BCUT2D eigenvalue weighted by Gasteiger charge is -2.24. The van der Waals surface area contributed by atoms with Gasteiger partial charge in [0.15, 0.2) is 0 Å². The van der Waals surface area contributed by atoms with Gasteiger partial charge in [0.2, 0.25) is 5.09 Å². The first-order valence-corrected chi connectivity index (χ1v) is 7.62. The van der Waals surface area contributed by atoms with E-state index in [1.807, 2.05) is 13.8 Å². The highest BCUT2D eigenvalue weighted by atomic mass is 32.2. The van der Waals surface area contributed by atoms with Crippen molar-refractivity contribution in [1.29, 1.82) is 0 Å². The third kappa shape index (κ3) is 3.13. The Hall–Kier alpha value is -0.850. The molecule has 0 saturated carbocycles. The van der Waals surface area contributed by atoms with E-state index in [0.717, 1.165) is 12.8 Å². The molecule has 0 radical (unpaired) electrons. The van der Waals surface area contributed by atoms with Crippen LogP contribution in [0.5, 0.6) is 0 Å². The van der Waals surface area contributed by atoms with Crippen LogP contribution in [0.2, 0.25) is 0 Å². The number of hydrogen-bond donors (Lipinski definition) is 1. The summed E-state index contributed by atoms with van der Waals surface area (Å²) in [7, 11) is -0.132. The lowest BCUT2D eigenvalue weighted by Crippen LogP contribution is -2.36. The molecule has 0 spiro atoms. The SMILES string of the molecule is CCC(CC)N(C)S(=O)(=O)c1ccc(CNC)o1. The van der Waals surface area contributed by atoms with Gasteiger partial charge in [0, 0.05) is 13.1 Å². The average molecular weight is 274 g/mol. The molecule has 0 bridgehead atoms. The van der Waals surface area contributed by atoms with Crippen molar-refractivity contribution in [3.63, 3.8) is 0 Å². The topological polar surface area (TPSA) is 62.6 Å². The molecule has 5 nitrogen and oxygen atoms in total. The molecule has 0 fully saturated rings. The van der Waals surface area contributed by atoms with Crippen molar-refractivity contribution in [2.24, 2.45) is 0 Å². The molecule has 1 rings (SSSR count). The van der Waals surface area contributed by atoms with Crippen molar-refractivity contribution in [3.8, 4) is 0 Å². The molecule has 0 aliphatic carbocycles. The van der Waals surface area contributed by atoms with Crippen molar-refractivity contribution in [2.75, 3.05) is 14.1 Å². The van der Waals surface area contributed by atoms with Gasteiger partial charge in [-0.2, -0.15) is 4.31 Å². The molecule has 1 N–H and O–H groups in total. The summed E-state index contributed by atoms with van der Waals surface area (Å²) in [6.07, 6.45) is 1.58. The molecule has 0 unspecified atom stereocenters. The second-order valence-corrected chi connectivity index (χ2v) is 6.17. The van der Waals surface area contributed by atoms with E-state index in [4.69, 9.17) is 4.42 Å². The number of sulfonamides is 1. The third-order valence-corrected chi connectivity index (χ3v) is 4.86. The van der Waals surface area contributed by atoms with Crippen molar-refractivity contribution >= 4 is 10.0 Å². The molecule has 1 aromatic heterocycles. The first kappa shape index (κ1) is 15.2. The minimum atomic E-state index is -3.52. The first-order chi connectivity index (χ1) is 8.47. The summed E-state index contributed by atoms with van der Waals surface area (Å²) in [6.45, 7) is 4.48. The predicted molar refractivity (Wildman–Crippen MR) is 70.8 cm³/mol. The Morgan fingerprint density at radius 1 is 1.33 bits per heavy atom. The fourth-order valence-corrected chi connectivity index (χ4v) is 3.33. The van der Waals surface area contributed by atoms with E-state index in [0.29, 0.717) is 12.3 Å². The van der Waals surface area contributed by atoms with E-state index in [1.165, 1.54) is 10.4 Å². The smallest absolute Gasteiger partial charge is 0.276 e. The summed E-state index contributed by atoms with van der Waals surface area (Å²) < 4.78 is 31.4. The molecule has 1 heterocycles.